The van der Waals surface area contributed by atoms with Crippen molar-refractivity contribution in [1.82, 2.24) is 14.8 Å². The van der Waals surface area contributed by atoms with Gasteiger partial charge in [0.15, 0.2) is 0 Å². The predicted molar refractivity (Wildman–Crippen MR) is 100 cm³/mol. The summed E-state index contributed by atoms with van der Waals surface area (Å²) in [5, 5.41) is 8.60. The summed E-state index contributed by atoms with van der Waals surface area (Å²) < 4.78 is 1.99. The van der Waals surface area contributed by atoms with Crippen molar-refractivity contribution in [3.63, 3.8) is 0 Å². The molecule has 0 bridgehead atoms. The second-order valence-corrected chi connectivity index (χ2v) is 8.10. The number of allylic oxidation sites excluding steroid dienone is 2. The number of anilines is 1. The SMILES string of the molecule is O=C1CC(c2ccc(Cl)cc2)C=C2Nc3ncnn3C3(CCCCC3)C12. The molecule has 2 unspecified atom stereocenters. The van der Waals surface area contributed by atoms with E-state index < -0.39 is 0 Å². The zero-order chi connectivity index (χ0) is 17.7. The number of carbonyl (C=O) groups excluding carboxylic acids is 1. The largest absolute Gasteiger partial charge is 0.328 e. The Morgan fingerprint density at radius 2 is 1.92 bits per heavy atom. The van der Waals surface area contributed by atoms with Crippen LogP contribution in [-0.4, -0.2) is 20.5 Å². The maximum absolute atomic E-state index is 13.3. The maximum atomic E-state index is 13.3. The quantitative estimate of drug-likeness (QED) is 0.816. The number of hydrogen-bond donors (Lipinski definition) is 1. The highest BCUT2D eigenvalue weighted by atomic mass is 35.5. The van der Waals surface area contributed by atoms with Crippen LogP contribution in [0.3, 0.4) is 0 Å². The standard InChI is InChI=1S/C20H21ClN4O/c21-15-6-4-13(5-7-15)14-10-16-18(17(26)11-14)20(8-2-1-3-9-20)25-19(24-16)22-12-23-25/h4-7,10,12,14,18H,1-3,8-9,11H2,(H,22,23,24). The van der Waals surface area contributed by atoms with E-state index in [1.165, 1.54) is 6.42 Å². The predicted octanol–water partition coefficient (Wildman–Crippen LogP) is 4.27. The van der Waals surface area contributed by atoms with Gasteiger partial charge in [0.2, 0.25) is 5.95 Å². The summed E-state index contributed by atoms with van der Waals surface area (Å²) in [5.41, 5.74) is 1.88. The van der Waals surface area contributed by atoms with Gasteiger partial charge in [-0.05, 0) is 30.5 Å². The van der Waals surface area contributed by atoms with Crippen LogP contribution in [-0.2, 0) is 10.3 Å². The first kappa shape index (κ1) is 16.1. The summed E-state index contributed by atoms with van der Waals surface area (Å²) in [6, 6.07) is 7.80. The smallest absolute Gasteiger partial charge is 0.225 e. The van der Waals surface area contributed by atoms with E-state index >= 15 is 0 Å². The topological polar surface area (TPSA) is 59.8 Å². The van der Waals surface area contributed by atoms with E-state index in [1.807, 2.05) is 28.9 Å². The number of ketones is 1. The summed E-state index contributed by atoms with van der Waals surface area (Å²) in [4.78, 5) is 17.7. The summed E-state index contributed by atoms with van der Waals surface area (Å²) in [7, 11) is 0. The number of fused-ring (bicyclic) bond motifs is 4. The Morgan fingerprint density at radius 1 is 1.15 bits per heavy atom. The van der Waals surface area contributed by atoms with Gasteiger partial charge in [0, 0.05) is 23.1 Å². The van der Waals surface area contributed by atoms with Gasteiger partial charge in [-0.1, -0.05) is 49.1 Å². The molecule has 5 nitrogen and oxygen atoms in total. The second-order valence-electron chi connectivity index (χ2n) is 7.67. The van der Waals surface area contributed by atoms with E-state index in [0.717, 1.165) is 42.9 Å². The third-order valence-corrected chi connectivity index (χ3v) is 6.47. The van der Waals surface area contributed by atoms with E-state index in [0.29, 0.717) is 17.2 Å². The first-order valence-electron chi connectivity index (χ1n) is 9.35. The molecular formula is C20H21ClN4O. The molecule has 1 fully saturated rings. The number of rotatable bonds is 1. The minimum Gasteiger partial charge on any atom is -0.328 e. The fraction of sp³-hybridized carbons (Fsp3) is 0.450. The molecule has 2 aromatic rings. The van der Waals surface area contributed by atoms with Crippen molar-refractivity contribution in [3.8, 4) is 0 Å². The number of nitrogens with one attached hydrogen (secondary N) is 1. The lowest BCUT2D eigenvalue weighted by atomic mass is 9.65. The highest BCUT2D eigenvalue weighted by Crippen LogP contribution is 2.51. The molecule has 0 amide bonds. The number of hydrogen-bond acceptors (Lipinski definition) is 4. The number of carbonyl (C=O) groups is 1. The zero-order valence-corrected chi connectivity index (χ0v) is 15.2. The number of aromatic nitrogens is 3. The molecule has 2 aliphatic carbocycles. The van der Waals surface area contributed by atoms with Gasteiger partial charge in [-0.2, -0.15) is 10.1 Å². The molecule has 6 heteroatoms. The monoisotopic (exact) mass is 368 g/mol. The van der Waals surface area contributed by atoms with Gasteiger partial charge in [-0.3, -0.25) is 4.79 Å². The Hall–Kier alpha value is -2.14. The van der Waals surface area contributed by atoms with Gasteiger partial charge in [-0.25, -0.2) is 4.68 Å². The highest BCUT2D eigenvalue weighted by molar-refractivity contribution is 6.30. The molecule has 3 aliphatic rings. The molecule has 1 aromatic carbocycles. The number of halogens is 1. The van der Waals surface area contributed by atoms with Crippen LogP contribution in [0.25, 0.3) is 0 Å². The number of Topliss-reactive ketones (excluding diaryl/α,β-unsaturated/α-hetero) is 1. The highest BCUT2D eigenvalue weighted by Gasteiger charge is 2.53. The van der Waals surface area contributed by atoms with Crippen molar-refractivity contribution in [2.45, 2.75) is 50.0 Å². The Bertz CT molecular complexity index is 879. The van der Waals surface area contributed by atoms with Crippen molar-refractivity contribution >= 4 is 23.3 Å². The van der Waals surface area contributed by atoms with Crippen molar-refractivity contribution in [1.29, 1.82) is 0 Å². The Kier molecular flexibility index (Phi) is 3.67. The molecule has 1 saturated carbocycles. The molecule has 1 aliphatic heterocycles. The average Bonchev–Trinajstić information content (AvgIpc) is 3.12. The fourth-order valence-electron chi connectivity index (χ4n) is 5.08. The van der Waals surface area contributed by atoms with Crippen molar-refractivity contribution < 1.29 is 4.79 Å². The minimum atomic E-state index is -0.247. The third-order valence-electron chi connectivity index (χ3n) is 6.22. The van der Waals surface area contributed by atoms with Crippen molar-refractivity contribution in [3.05, 3.63) is 53.0 Å². The van der Waals surface area contributed by atoms with Crippen molar-refractivity contribution in [2.75, 3.05) is 5.32 Å². The molecule has 1 spiro atoms. The maximum Gasteiger partial charge on any atom is 0.225 e. The minimum absolute atomic E-state index is 0.0774. The van der Waals surface area contributed by atoms with Crippen LogP contribution in [0.5, 0.6) is 0 Å². The van der Waals surface area contributed by atoms with Crippen LogP contribution in [0.2, 0.25) is 5.02 Å². The molecule has 0 radical (unpaired) electrons. The summed E-state index contributed by atoms with van der Waals surface area (Å²) in [6.07, 6.45) is 9.83. The van der Waals surface area contributed by atoms with E-state index in [9.17, 15) is 4.79 Å². The van der Waals surface area contributed by atoms with E-state index in [4.69, 9.17) is 11.6 Å². The summed E-state index contributed by atoms with van der Waals surface area (Å²) >= 11 is 6.02. The van der Waals surface area contributed by atoms with E-state index in [-0.39, 0.29) is 17.4 Å². The Labute approximate surface area is 157 Å². The first-order chi connectivity index (χ1) is 12.7. The third kappa shape index (κ3) is 2.33. The van der Waals surface area contributed by atoms with Gasteiger partial charge >= 0.3 is 0 Å². The average molecular weight is 369 g/mol. The molecule has 5 rings (SSSR count). The fourth-order valence-corrected chi connectivity index (χ4v) is 5.20. The van der Waals surface area contributed by atoms with Crippen LogP contribution in [0.1, 0.15) is 50.0 Å². The first-order valence-corrected chi connectivity index (χ1v) is 9.73. The van der Waals surface area contributed by atoms with E-state index in [1.54, 1.807) is 6.33 Å². The lowest BCUT2D eigenvalue weighted by Gasteiger charge is -2.48. The van der Waals surface area contributed by atoms with Crippen LogP contribution in [0.15, 0.2) is 42.4 Å². The molecule has 2 atom stereocenters. The summed E-state index contributed by atoms with van der Waals surface area (Å²) in [5.74, 6) is 1.01. The van der Waals surface area contributed by atoms with Crippen LogP contribution < -0.4 is 5.32 Å². The molecule has 2 heterocycles. The lowest BCUT2D eigenvalue weighted by molar-refractivity contribution is -0.127. The second kappa shape index (κ2) is 5.95. The van der Waals surface area contributed by atoms with Gasteiger partial charge in [0.1, 0.15) is 12.1 Å². The molecular weight excluding hydrogens is 348 g/mol. The van der Waals surface area contributed by atoms with Crippen LogP contribution >= 0.6 is 11.6 Å². The van der Waals surface area contributed by atoms with Crippen molar-refractivity contribution in [2.24, 2.45) is 5.92 Å². The molecule has 134 valence electrons. The molecule has 1 N–H and O–H groups in total. The van der Waals surface area contributed by atoms with Crippen LogP contribution in [0.4, 0.5) is 5.95 Å². The van der Waals surface area contributed by atoms with Gasteiger partial charge in [0.25, 0.3) is 0 Å². The normalized spacial score (nSPS) is 26.7. The number of nitrogens with zero attached hydrogens (tertiary/aromatic N) is 3. The molecule has 0 saturated heterocycles. The molecule has 26 heavy (non-hydrogen) atoms. The Balaban J connectivity index is 1.60. The lowest BCUT2D eigenvalue weighted by Crippen LogP contribution is -2.53. The summed E-state index contributed by atoms with van der Waals surface area (Å²) in [6.45, 7) is 0. The van der Waals surface area contributed by atoms with Gasteiger partial charge < -0.3 is 5.32 Å². The van der Waals surface area contributed by atoms with E-state index in [2.05, 4.69) is 21.5 Å². The zero-order valence-electron chi connectivity index (χ0n) is 14.5. The Morgan fingerprint density at radius 3 is 2.69 bits per heavy atom. The van der Waals surface area contributed by atoms with Gasteiger partial charge in [0.05, 0.1) is 11.5 Å². The van der Waals surface area contributed by atoms with Crippen LogP contribution in [0, 0.1) is 5.92 Å². The molecule has 1 aromatic heterocycles. The number of benzene rings is 1. The van der Waals surface area contributed by atoms with Gasteiger partial charge in [-0.15, -0.1) is 0 Å².